The maximum absolute atomic E-state index is 5.48. The van der Waals surface area contributed by atoms with Crippen molar-refractivity contribution >= 4 is 0 Å². The second-order valence-electron chi connectivity index (χ2n) is 5.25. The Kier molecular flexibility index (Phi) is 10.9. The SMILES string of the molecule is CNCCOCCOCCOCCC(C)(C)C. The minimum Gasteiger partial charge on any atom is -0.379 e. The first-order valence-corrected chi connectivity index (χ1v) is 6.44. The molecule has 0 radical (unpaired) electrons. The zero-order chi connectivity index (χ0) is 13.0. The van der Waals surface area contributed by atoms with E-state index in [0.717, 1.165) is 26.2 Å². The first-order valence-electron chi connectivity index (χ1n) is 6.44. The minimum atomic E-state index is 0.349. The Labute approximate surface area is 106 Å². The van der Waals surface area contributed by atoms with E-state index in [1.165, 1.54) is 0 Å². The molecular weight excluding hydrogens is 218 g/mol. The Bertz CT molecular complexity index is 157. The molecule has 17 heavy (non-hydrogen) atoms. The summed E-state index contributed by atoms with van der Waals surface area (Å²) in [5, 5.41) is 3.02. The lowest BCUT2D eigenvalue weighted by molar-refractivity contribution is 0.0111. The van der Waals surface area contributed by atoms with Gasteiger partial charge < -0.3 is 19.5 Å². The highest BCUT2D eigenvalue weighted by molar-refractivity contribution is 4.59. The van der Waals surface area contributed by atoms with E-state index in [1.807, 2.05) is 7.05 Å². The highest BCUT2D eigenvalue weighted by Gasteiger charge is 2.08. The molecule has 0 spiro atoms. The number of hydrogen-bond donors (Lipinski definition) is 1. The van der Waals surface area contributed by atoms with E-state index in [9.17, 15) is 0 Å². The van der Waals surface area contributed by atoms with Crippen molar-refractivity contribution in [2.24, 2.45) is 5.41 Å². The zero-order valence-corrected chi connectivity index (χ0v) is 11.9. The van der Waals surface area contributed by atoms with Crippen LogP contribution in [0.3, 0.4) is 0 Å². The van der Waals surface area contributed by atoms with Crippen molar-refractivity contribution in [2.75, 3.05) is 53.2 Å². The predicted octanol–water partition coefficient (Wildman–Crippen LogP) is 1.69. The van der Waals surface area contributed by atoms with Crippen LogP contribution in [-0.2, 0) is 14.2 Å². The van der Waals surface area contributed by atoms with Gasteiger partial charge in [-0.2, -0.15) is 0 Å². The Morgan fingerprint density at radius 3 is 1.71 bits per heavy atom. The monoisotopic (exact) mass is 247 g/mol. The maximum atomic E-state index is 5.48. The highest BCUT2D eigenvalue weighted by atomic mass is 16.5. The third kappa shape index (κ3) is 15.8. The average molecular weight is 247 g/mol. The lowest BCUT2D eigenvalue weighted by atomic mass is 9.93. The zero-order valence-electron chi connectivity index (χ0n) is 11.9. The van der Waals surface area contributed by atoms with E-state index < -0.39 is 0 Å². The van der Waals surface area contributed by atoms with Crippen LogP contribution in [0.2, 0.25) is 0 Å². The van der Waals surface area contributed by atoms with Crippen LogP contribution in [0.15, 0.2) is 0 Å². The third-order valence-electron chi connectivity index (χ3n) is 2.24. The number of ether oxygens (including phenoxy) is 3. The van der Waals surface area contributed by atoms with E-state index >= 15 is 0 Å². The summed E-state index contributed by atoms with van der Waals surface area (Å²) in [7, 11) is 1.91. The van der Waals surface area contributed by atoms with Crippen LogP contribution in [-0.4, -0.2) is 53.2 Å². The van der Waals surface area contributed by atoms with Crippen molar-refractivity contribution in [1.29, 1.82) is 0 Å². The maximum Gasteiger partial charge on any atom is 0.0701 e. The molecule has 0 fully saturated rings. The van der Waals surface area contributed by atoms with E-state index in [4.69, 9.17) is 14.2 Å². The molecule has 0 atom stereocenters. The van der Waals surface area contributed by atoms with E-state index in [2.05, 4.69) is 26.1 Å². The van der Waals surface area contributed by atoms with Crippen LogP contribution >= 0.6 is 0 Å². The second-order valence-corrected chi connectivity index (χ2v) is 5.25. The fraction of sp³-hybridized carbons (Fsp3) is 1.00. The largest absolute Gasteiger partial charge is 0.379 e. The summed E-state index contributed by atoms with van der Waals surface area (Å²) < 4.78 is 16.2. The average Bonchev–Trinajstić information content (AvgIpc) is 2.24. The van der Waals surface area contributed by atoms with Gasteiger partial charge in [0, 0.05) is 13.2 Å². The van der Waals surface area contributed by atoms with Gasteiger partial charge >= 0.3 is 0 Å². The summed E-state index contributed by atoms with van der Waals surface area (Å²) in [6.45, 7) is 11.7. The summed E-state index contributed by atoms with van der Waals surface area (Å²) in [6, 6.07) is 0. The smallest absolute Gasteiger partial charge is 0.0701 e. The fourth-order valence-corrected chi connectivity index (χ4v) is 1.09. The van der Waals surface area contributed by atoms with Gasteiger partial charge in [0.2, 0.25) is 0 Å². The van der Waals surface area contributed by atoms with Crippen LogP contribution in [0.25, 0.3) is 0 Å². The van der Waals surface area contributed by atoms with Crippen LogP contribution in [0.4, 0.5) is 0 Å². The van der Waals surface area contributed by atoms with Gasteiger partial charge in [-0.3, -0.25) is 0 Å². The van der Waals surface area contributed by atoms with Gasteiger partial charge in [-0.05, 0) is 18.9 Å². The van der Waals surface area contributed by atoms with Crippen molar-refractivity contribution in [3.8, 4) is 0 Å². The molecule has 0 saturated carbocycles. The normalized spacial score (nSPS) is 12.0. The Hall–Kier alpha value is -0.160. The van der Waals surface area contributed by atoms with Gasteiger partial charge in [-0.1, -0.05) is 20.8 Å². The van der Waals surface area contributed by atoms with Gasteiger partial charge in [0.25, 0.3) is 0 Å². The molecule has 0 unspecified atom stereocenters. The van der Waals surface area contributed by atoms with Crippen LogP contribution in [0, 0.1) is 5.41 Å². The molecule has 4 heteroatoms. The number of likely N-dealkylation sites (N-methyl/N-ethyl adjacent to an activating group) is 1. The molecule has 4 nitrogen and oxygen atoms in total. The van der Waals surface area contributed by atoms with Crippen molar-refractivity contribution in [1.82, 2.24) is 5.32 Å². The van der Waals surface area contributed by atoms with Crippen LogP contribution < -0.4 is 5.32 Å². The second kappa shape index (κ2) is 11.0. The Balaban J connectivity index is 2.99. The third-order valence-corrected chi connectivity index (χ3v) is 2.24. The van der Waals surface area contributed by atoms with Crippen molar-refractivity contribution in [3.05, 3.63) is 0 Å². The highest BCUT2D eigenvalue weighted by Crippen LogP contribution is 2.17. The first-order chi connectivity index (χ1) is 8.06. The van der Waals surface area contributed by atoms with Gasteiger partial charge in [-0.15, -0.1) is 0 Å². The van der Waals surface area contributed by atoms with Crippen molar-refractivity contribution in [3.63, 3.8) is 0 Å². The van der Waals surface area contributed by atoms with Gasteiger partial charge in [0.15, 0.2) is 0 Å². The molecule has 0 aliphatic rings. The molecule has 1 N–H and O–H groups in total. The van der Waals surface area contributed by atoms with Crippen LogP contribution in [0.1, 0.15) is 27.2 Å². The van der Waals surface area contributed by atoms with E-state index in [-0.39, 0.29) is 0 Å². The number of hydrogen-bond acceptors (Lipinski definition) is 4. The molecule has 0 rings (SSSR count). The van der Waals surface area contributed by atoms with E-state index in [1.54, 1.807) is 0 Å². The Morgan fingerprint density at radius 1 is 0.765 bits per heavy atom. The molecule has 0 aromatic heterocycles. The predicted molar refractivity (Wildman–Crippen MR) is 70.5 cm³/mol. The molecule has 0 aromatic carbocycles. The van der Waals surface area contributed by atoms with Crippen LogP contribution in [0.5, 0.6) is 0 Å². The van der Waals surface area contributed by atoms with Gasteiger partial charge in [0.05, 0.1) is 33.0 Å². The molecule has 0 amide bonds. The molecule has 0 aliphatic heterocycles. The molecular formula is C13H29NO3. The minimum absolute atomic E-state index is 0.349. The molecule has 0 aromatic rings. The topological polar surface area (TPSA) is 39.7 Å². The number of nitrogens with one attached hydrogen (secondary N) is 1. The van der Waals surface area contributed by atoms with Gasteiger partial charge in [-0.25, -0.2) is 0 Å². The fourth-order valence-electron chi connectivity index (χ4n) is 1.09. The van der Waals surface area contributed by atoms with E-state index in [0.29, 0.717) is 31.8 Å². The molecule has 0 heterocycles. The Morgan fingerprint density at radius 2 is 1.24 bits per heavy atom. The lowest BCUT2D eigenvalue weighted by Crippen LogP contribution is -2.17. The standard InChI is InChI=1S/C13H29NO3/c1-13(2,3)5-7-15-9-11-17-12-10-16-8-6-14-4/h14H,5-12H2,1-4H3. The quantitative estimate of drug-likeness (QED) is 0.564. The first kappa shape index (κ1) is 16.8. The number of rotatable bonds is 11. The molecule has 104 valence electrons. The molecule has 0 aliphatic carbocycles. The molecule has 0 bridgehead atoms. The van der Waals surface area contributed by atoms with Crippen molar-refractivity contribution < 1.29 is 14.2 Å². The summed E-state index contributed by atoms with van der Waals surface area (Å²) in [5.41, 5.74) is 0.349. The summed E-state index contributed by atoms with van der Waals surface area (Å²) in [4.78, 5) is 0. The summed E-state index contributed by atoms with van der Waals surface area (Å²) in [6.07, 6.45) is 1.08. The summed E-state index contributed by atoms with van der Waals surface area (Å²) >= 11 is 0. The lowest BCUT2D eigenvalue weighted by Gasteiger charge is -2.17. The summed E-state index contributed by atoms with van der Waals surface area (Å²) in [5.74, 6) is 0. The molecule has 0 saturated heterocycles. The van der Waals surface area contributed by atoms with Gasteiger partial charge in [0.1, 0.15) is 0 Å². The van der Waals surface area contributed by atoms with Crippen molar-refractivity contribution in [2.45, 2.75) is 27.2 Å².